The van der Waals surface area contributed by atoms with Crippen molar-refractivity contribution < 1.29 is 0 Å². The Labute approximate surface area is 241 Å². The highest BCUT2D eigenvalue weighted by Gasteiger charge is 2.17. The molecule has 1 aromatic heterocycles. The SMILES string of the molecule is Brc1ccc(-c2cccc(-c3ccc4c(c3)c3ccc5ccccc5c3n4-c3cccc4ccccc34)c2)cc1. The summed E-state index contributed by atoms with van der Waals surface area (Å²) in [6.45, 7) is 0. The summed E-state index contributed by atoms with van der Waals surface area (Å²) in [6.07, 6.45) is 0. The average Bonchev–Trinajstić information content (AvgIpc) is 3.35. The maximum Gasteiger partial charge on any atom is 0.0619 e. The van der Waals surface area contributed by atoms with Gasteiger partial charge in [-0.15, -0.1) is 0 Å². The van der Waals surface area contributed by atoms with Crippen LogP contribution in [0.25, 0.3) is 71.3 Å². The molecule has 8 aromatic rings. The second kappa shape index (κ2) is 9.22. The molecule has 188 valence electrons. The van der Waals surface area contributed by atoms with Crippen molar-refractivity contribution >= 4 is 59.3 Å². The summed E-state index contributed by atoms with van der Waals surface area (Å²) in [5.74, 6) is 0. The van der Waals surface area contributed by atoms with Crippen LogP contribution in [0.1, 0.15) is 0 Å². The maximum atomic E-state index is 3.56. The highest BCUT2D eigenvalue weighted by molar-refractivity contribution is 9.10. The molecule has 0 saturated heterocycles. The van der Waals surface area contributed by atoms with Crippen LogP contribution in [0.15, 0.2) is 150 Å². The van der Waals surface area contributed by atoms with E-state index in [1.165, 1.54) is 71.3 Å². The van der Waals surface area contributed by atoms with E-state index in [1.54, 1.807) is 0 Å². The standard InChI is InChI=1S/C38H24BrN/c39-31-19-15-25(16-20-31)28-10-5-11-29(23-28)30-18-22-37-35(24-30)34-21-17-27-8-2-4-13-33(27)38(34)40(37)36-14-6-9-26-7-1-3-12-32(26)36/h1-24H. The monoisotopic (exact) mass is 573 g/mol. The molecule has 0 radical (unpaired) electrons. The summed E-state index contributed by atoms with van der Waals surface area (Å²) >= 11 is 3.56. The van der Waals surface area contributed by atoms with Gasteiger partial charge in [-0.05, 0) is 69.4 Å². The molecule has 0 saturated carbocycles. The van der Waals surface area contributed by atoms with Gasteiger partial charge < -0.3 is 4.57 Å². The van der Waals surface area contributed by atoms with Crippen molar-refractivity contribution in [2.24, 2.45) is 0 Å². The van der Waals surface area contributed by atoms with Crippen LogP contribution in [-0.2, 0) is 0 Å². The van der Waals surface area contributed by atoms with Crippen LogP contribution >= 0.6 is 15.9 Å². The van der Waals surface area contributed by atoms with Crippen LogP contribution in [0.4, 0.5) is 0 Å². The predicted molar refractivity (Wildman–Crippen MR) is 174 cm³/mol. The number of aromatic nitrogens is 1. The van der Waals surface area contributed by atoms with Gasteiger partial charge in [-0.1, -0.05) is 125 Å². The highest BCUT2D eigenvalue weighted by atomic mass is 79.9. The third-order valence-corrected chi connectivity index (χ3v) is 8.56. The fourth-order valence-corrected chi connectivity index (χ4v) is 6.40. The number of rotatable bonds is 3. The minimum atomic E-state index is 1.09. The van der Waals surface area contributed by atoms with E-state index in [9.17, 15) is 0 Å². The Morgan fingerprint density at radius 1 is 0.400 bits per heavy atom. The molecule has 40 heavy (non-hydrogen) atoms. The molecular weight excluding hydrogens is 550 g/mol. The number of hydrogen-bond donors (Lipinski definition) is 0. The Hall–Kier alpha value is -4.66. The fraction of sp³-hybridized carbons (Fsp3) is 0. The lowest BCUT2D eigenvalue weighted by atomic mass is 9.97. The summed E-state index contributed by atoms with van der Waals surface area (Å²) in [5.41, 5.74) is 8.55. The minimum Gasteiger partial charge on any atom is -0.308 e. The molecule has 0 N–H and O–H groups in total. The molecule has 0 aliphatic rings. The third-order valence-electron chi connectivity index (χ3n) is 8.03. The lowest BCUT2D eigenvalue weighted by Gasteiger charge is -2.13. The van der Waals surface area contributed by atoms with Crippen LogP contribution in [0, 0.1) is 0 Å². The van der Waals surface area contributed by atoms with Gasteiger partial charge in [-0.2, -0.15) is 0 Å². The number of nitrogens with zero attached hydrogens (tertiary/aromatic N) is 1. The Bertz CT molecular complexity index is 2220. The Balaban J connectivity index is 1.41. The summed E-state index contributed by atoms with van der Waals surface area (Å²) in [4.78, 5) is 0. The molecule has 1 nitrogen and oxygen atoms in total. The zero-order valence-electron chi connectivity index (χ0n) is 21.7. The van der Waals surface area contributed by atoms with Crippen LogP contribution in [0.2, 0.25) is 0 Å². The number of hydrogen-bond acceptors (Lipinski definition) is 0. The van der Waals surface area contributed by atoms with Crippen molar-refractivity contribution in [2.75, 3.05) is 0 Å². The quantitative estimate of drug-likeness (QED) is 0.198. The smallest absolute Gasteiger partial charge is 0.0619 e. The van der Waals surface area contributed by atoms with E-state index in [4.69, 9.17) is 0 Å². The van der Waals surface area contributed by atoms with Gasteiger partial charge in [-0.3, -0.25) is 0 Å². The molecular formula is C38H24BrN. The Morgan fingerprint density at radius 3 is 1.85 bits per heavy atom. The normalized spacial score (nSPS) is 11.6. The molecule has 0 spiro atoms. The second-order valence-electron chi connectivity index (χ2n) is 10.3. The molecule has 0 atom stereocenters. The largest absolute Gasteiger partial charge is 0.308 e. The van der Waals surface area contributed by atoms with E-state index < -0.39 is 0 Å². The highest BCUT2D eigenvalue weighted by Crippen LogP contribution is 2.40. The van der Waals surface area contributed by atoms with Crippen molar-refractivity contribution in [3.05, 3.63) is 150 Å². The van der Waals surface area contributed by atoms with Crippen LogP contribution < -0.4 is 0 Å². The van der Waals surface area contributed by atoms with Gasteiger partial charge >= 0.3 is 0 Å². The molecule has 0 amide bonds. The molecule has 1 heterocycles. The van der Waals surface area contributed by atoms with E-state index in [1.807, 2.05) is 0 Å². The van der Waals surface area contributed by atoms with Gasteiger partial charge in [0.25, 0.3) is 0 Å². The first kappa shape index (κ1) is 23.2. The zero-order chi connectivity index (χ0) is 26.6. The molecule has 0 aliphatic heterocycles. The topological polar surface area (TPSA) is 4.93 Å². The van der Waals surface area contributed by atoms with E-state index in [2.05, 4.69) is 166 Å². The van der Waals surface area contributed by atoms with Crippen LogP contribution in [0.3, 0.4) is 0 Å². The molecule has 0 fully saturated rings. The summed E-state index contributed by atoms with van der Waals surface area (Å²) in [5, 5.41) is 7.55. The first-order valence-corrected chi connectivity index (χ1v) is 14.3. The number of fused-ring (bicyclic) bond motifs is 6. The summed E-state index contributed by atoms with van der Waals surface area (Å²) in [7, 11) is 0. The van der Waals surface area contributed by atoms with E-state index in [0.717, 1.165) is 4.47 Å². The van der Waals surface area contributed by atoms with Gasteiger partial charge in [0.2, 0.25) is 0 Å². The van der Waals surface area contributed by atoms with Gasteiger partial charge in [-0.25, -0.2) is 0 Å². The maximum absolute atomic E-state index is 3.56. The number of halogens is 1. The van der Waals surface area contributed by atoms with Gasteiger partial charge in [0, 0.05) is 26.0 Å². The van der Waals surface area contributed by atoms with Gasteiger partial charge in [0.15, 0.2) is 0 Å². The fourth-order valence-electron chi connectivity index (χ4n) is 6.13. The van der Waals surface area contributed by atoms with E-state index in [0.29, 0.717) is 0 Å². The van der Waals surface area contributed by atoms with E-state index >= 15 is 0 Å². The molecule has 0 aliphatic carbocycles. The van der Waals surface area contributed by atoms with Gasteiger partial charge in [0.1, 0.15) is 0 Å². The Morgan fingerprint density at radius 2 is 1.02 bits per heavy atom. The second-order valence-corrected chi connectivity index (χ2v) is 11.3. The Kier molecular flexibility index (Phi) is 5.36. The molecule has 0 unspecified atom stereocenters. The summed E-state index contributed by atoms with van der Waals surface area (Å²) < 4.78 is 3.56. The molecule has 0 bridgehead atoms. The van der Waals surface area contributed by atoms with Crippen molar-refractivity contribution in [2.45, 2.75) is 0 Å². The molecule has 8 rings (SSSR count). The average molecular weight is 575 g/mol. The zero-order valence-corrected chi connectivity index (χ0v) is 23.3. The molecule has 2 heteroatoms. The molecule has 7 aromatic carbocycles. The first-order valence-electron chi connectivity index (χ1n) is 13.5. The third kappa shape index (κ3) is 3.68. The lowest BCUT2D eigenvalue weighted by molar-refractivity contribution is 1.20. The van der Waals surface area contributed by atoms with E-state index in [-0.39, 0.29) is 0 Å². The first-order chi connectivity index (χ1) is 19.7. The summed E-state index contributed by atoms with van der Waals surface area (Å²) in [6, 6.07) is 52.9. The minimum absolute atomic E-state index is 1.09. The van der Waals surface area contributed by atoms with Crippen molar-refractivity contribution in [1.82, 2.24) is 4.57 Å². The van der Waals surface area contributed by atoms with Crippen molar-refractivity contribution in [3.63, 3.8) is 0 Å². The van der Waals surface area contributed by atoms with Crippen molar-refractivity contribution in [3.8, 4) is 27.9 Å². The van der Waals surface area contributed by atoms with Gasteiger partial charge in [0.05, 0.1) is 16.7 Å². The lowest BCUT2D eigenvalue weighted by Crippen LogP contribution is -1.96. The van der Waals surface area contributed by atoms with Crippen LogP contribution in [0.5, 0.6) is 0 Å². The van der Waals surface area contributed by atoms with Crippen molar-refractivity contribution in [1.29, 1.82) is 0 Å². The predicted octanol–water partition coefficient (Wildman–Crippen LogP) is 11.2. The number of benzene rings is 7. The van der Waals surface area contributed by atoms with Crippen LogP contribution in [-0.4, -0.2) is 4.57 Å².